The maximum Gasteiger partial charge on any atom is 0.358 e. The minimum Gasteiger partial charge on any atom is -0.476 e. The molecule has 0 fully saturated rings. The number of carboxylic acid groups (broad SMARTS) is 1. The molecule has 1 aliphatic rings. The van der Waals surface area contributed by atoms with E-state index in [0.717, 1.165) is 0 Å². The van der Waals surface area contributed by atoms with Crippen molar-refractivity contribution in [2.75, 3.05) is 0 Å². The van der Waals surface area contributed by atoms with E-state index in [-0.39, 0.29) is 27.5 Å². The highest BCUT2D eigenvalue weighted by molar-refractivity contribution is 7.73. The summed E-state index contributed by atoms with van der Waals surface area (Å²) in [6.45, 7) is 0. The molecule has 0 aliphatic heterocycles. The van der Waals surface area contributed by atoms with Crippen LogP contribution in [0.4, 0.5) is 0 Å². The van der Waals surface area contributed by atoms with Crippen LogP contribution in [-0.4, -0.2) is 49.7 Å². The molecule has 1 aliphatic carbocycles. The van der Waals surface area contributed by atoms with Crippen molar-refractivity contribution in [1.82, 2.24) is 25.4 Å². The zero-order chi connectivity index (χ0) is 15.0. The third kappa shape index (κ3) is 2.21. The molecule has 0 amide bonds. The van der Waals surface area contributed by atoms with Gasteiger partial charge in [0.2, 0.25) is 15.9 Å². The van der Waals surface area contributed by atoms with Crippen molar-refractivity contribution in [1.29, 1.82) is 0 Å². The van der Waals surface area contributed by atoms with Gasteiger partial charge in [0.15, 0.2) is 5.69 Å². The van der Waals surface area contributed by atoms with Crippen LogP contribution in [0, 0.1) is 0 Å². The van der Waals surface area contributed by atoms with E-state index in [1.54, 1.807) is 18.2 Å². The summed E-state index contributed by atoms with van der Waals surface area (Å²) in [7, 11) is -2.42. The number of rotatable bonds is 2. The Morgan fingerprint density at radius 1 is 1.29 bits per heavy atom. The molecule has 2 aromatic rings. The number of imidazole rings is 1. The number of aromatic nitrogens is 5. The first-order valence-electron chi connectivity index (χ1n) is 5.71. The summed E-state index contributed by atoms with van der Waals surface area (Å²) < 4.78 is 22.5. The van der Waals surface area contributed by atoms with Gasteiger partial charge in [-0.05, 0) is 11.3 Å². The Hall–Kier alpha value is -2.88. The van der Waals surface area contributed by atoms with Crippen molar-refractivity contribution in [3.05, 3.63) is 35.8 Å². The molecular weight excluding hydrogens is 298 g/mol. The smallest absolute Gasteiger partial charge is 0.358 e. The molecule has 0 saturated carbocycles. The van der Waals surface area contributed by atoms with Gasteiger partial charge in [-0.25, -0.2) is 9.78 Å². The lowest BCUT2D eigenvalue weighted by atomic mass is 10.0. The monoisotopic (exact) mass is 305 g/mol. The number of carbonyl (C=O) groups is 1. The fourth-order valence-corrected chi connectivity index (χ4v) is 2.57. The van der Waals surface area contributed by atoms with Gasteiger partial charge in [-0.2, -0.15) is 8.42 Å². The lowest BCUT2D eigenvalue weighted by Gasteiger charge is -2.09. The Morgan fingerprint density at radius 3 is 2.81 bits per heavy atom. The zero-order valence-electron chi connectivity index (χ0n) is 10.3. The molecule has 0 spiro atoms. The van der Waals surface area contributed by atoms with Crippen molar-refractivity contribution < 1.29 is 18.3 Å². The molecule has 2 N–H and O–H groups in total. The number of hydrogen-bond donors (Lipinski definition) is 2. The van der Waals surface area contributed by atoms with Gasteiger partial charge in [-0.3, -0.25) is 0 Å². The standard InChI is InChI=1S/C11H7N5O4S/c17-11(18)8-7-10(15-16-14-8)13-9(12-7)5-3-1-2-4-6(5)21(19)20/h1-5H,(H,17,18)(H,12,13,14,15). The van der Waals surface area contributed by atoms with E-state index in [1.165, 1.54) is 6.08 Å². The predicted molar refractivity (Wildman–Crippen MR) is 71.4 cm³/mol. The number of aromatic amines is 1. The first-order chi connectivity index (χ1) is 10.1. The predicted octanol–water partition coefficient (Wildman–Crippen LogP) is -0.293. The zero-order valence-corrected chi connectivity index (χ0v) is 11.1. The van der Waals surface area contributed by atoms with Crippen LogP contribution in [0.2, 0.25) is 0 Å². The van der Waals surface area contributed by atoms with Crippen molar-refractivity contribution in [2.45, 2.75) is 5.92 Å². The summed E-state index contributed by atoms with van der Waals surface area (Å²) in [5, 5.41) is 19.4. The van der Waals surface area contributed by atoms with E-state index in [1.807, 2.05) is 0 Å². The van der Waals surface area contributed by atoms with Gasteiger partial charge in [-0.1, -0.05) is 18.2 Å². The van der Waals surface area contributed by atoms with Crippen LogP contribution in [0.15, 0.2) is 24.3 Å². The highest BCUT2D eigenvalue weighted by Crippen LogP contribution is 2.22. The largest absolute Gasteiger partial charge is 0.476 e. The maximum atomic E-state index is 11.2. The maximum absolute atomic E-state index is 11.2. The quantitative estimate of drug-likeness (QED) is 0.721. The van der Waals surface area contributed by atoms with Crippen molar-refractivity contribution >= 4 is 32.3 Å². The van der Waals surface area contributed by atoms with E-state index in [4.69, 9.17) is 5.11 Å². The minimum atomic E-state index is -2.42. The van der Waals surface area contributed by atoms with Gasteiger partial charge in [0.1, 0.15) is 11.3 Å². The molecule has 106 valence electrons. The summed E-state index contributed by atoms with van der Waals surface area (Å²) in [6.07, 6.45) is 6.34. The minimum absolute atomic E-state index is 0.0661. The van der Waals surface area contributed by atoms with E-state index in [2.05, 4.69) is 25.4 Å². The topological polar surface area (TPSA) is 139 Å². The van der Waals surface area contributed by atoms with E-state index >= 15 is 0 Å². The van der Waals surface area contributed by atoms with Crippen molar-refractivity contribution in [3.8, 4) is 0 Å². The number of nitrogens with one attached hydrogen (secondary N) is 1. The number of fused-ring (bicyclic) bond motifs is 1. The Kier molecular flexibility index (Phi) is 3.06. The van der Waals surface area contributed by atoms with Crippen LogP contribution in [0.5, 0.6) is 0 Å². The average molecular weight is 305 g/mol. The second kappa shape index (κ2) is 4.90. The van der Waals surface area contributed by atoms with Crippen LogP contribution in [-0.2, 0) is 10.3 Å². The normalized spacial score (nSPS) is 17.3. The molecule has 2 heterocycles. The van der Waals surface area contributed by atoms with Gasteiger partial charge in [-0.15, -0.1) is 10.2 Å². The van der Waals surface area contributed by atoms with Crippen LogP contribution >= 0.6 is 0 Å². The second-order valence-electron chi connectivity index (χ2n) is 4.12. The fraction of sp³-hybridized carbons (Fsp3) is 0.0909. The number of H-pyrrole nitrogens is 1. The number of hydrogen-bond acceptors (Lipinski definition) is 7. The van der Waals surface area contributed by atoms with Gasteiger partial charge < -0.3 is 10.1 Å². The SMILES string of the molecule is O=C(O)c1nnnc2nc(C3C=CC=CC3=S(=O)=O)[nH]c12. The van der Waals surface area contributed by atoms with Crippen LogP contribution in [0.1, 0.15) is 22.2 Å². The summed E-state index contributed by atoms with van der Waals surface area (Å²) >= 11 is 0. The lowest BCUT2D eigenvalue weighted by Crippen LogP contribution is -2.12. The summed E-state index contributed by atoms with van der Waals surface area (Å²) in [6, 6.07) is 0. The molecule has 0 bridgehead atoms. The van der Waals surface area contributed by atoms with Crippen LogP contribution in [0.3, 0.4) is 0 Å². The lowest BCUT2D eigenvalue weighted by molar-refractivity contribution is 0.0691. The van der Waals surface area contributed by atoms with Crippen molar-refractivity contribution in [2.24, 2.45) is 0 Å². The van der Waals surface area contributed by atoms with Crippen molar-refractivity contribution in [3.63, 3.8) is 0 Å². The van der Waals surface area contributed by atoms with E-state index in [0.29, 0.717) is 0 Å². The molecule has 3 rings (SSSR count). The van der Waals surface area contributed by atoms with E-state index in [9.17, 15) is 13.2 Å². The van der Waals surface area contributed by atoms with Gasteiger partial charge in [0, 0.05) is 0 Å². The molecule has 21 heavy (non-hydrogen) atoms. The molecule has 1 unspecified atom stereocenters. The molecule has 0 radical (unpaired) electrons. The number of allylic oxidation sites excluding steroid dienone is 4. The summed E-state index contributed by atoms with van der Waals surface area (Å²) in [4.78, 5) is 18.0. The molecule has 10 heteroatoms. The van der Waals surface area contributed by atoms with Gasteiger partial charge >= 0.3 is 5.97 Å². The fourth-order valence-electron chi connectivity index (χ4n) is 1.99. The number of nitrogens with zero attached hydrogens (tertiary/aromatic N) is 4. The third-order valence-corrected chi connectivity index (χ3v) is 3.67. The highest BCUT2D eigenvalue weighted by atomic mass is 32.2. The molecule has 0 saturated heterocycles. The first kappa shape index (κ1) is 13.1. The number of carboxylic acids is 1. The molecule has 9 nitrogen and oxygen atoms in total. The molecular formula is C11H7N5O4S. The Bertz CT molecular complexity index is 933. The van der Waals surface area contributed by atoms with Crippen LogP contribution in [0.25, 0.3) is 11.2 Å². The van der Waals surface area contributed by atoms with Gasteiger partial charge in [0.05, 0.1) is 10.8 Å². The summed E-state index contributed by atoms with van der Waals surface area (Å²) in [5.74, 6) is -1.65. The Balaban J connectivity index is 2.21. The Morgan fingerprint density at radius 2 is 2.10 bits per heavy atom. The summed E-state index contributed by atoms with van der Waals surface area (Å²) in [5.41, 5.74) is -0.151. The van der Waals surface area contributed by atoms with Crippen LogP contribution < -0.4 is 0 Å². The second-order valence-corrected chi connectivity index (χ2v) is 5.06. The third-order valence-electron chi connectivity index (χ3n) is 2.90. The van der Waals surface area contributed by atoms with Gasteiger partial charge in [0.25, 0.3) is 0 Å². The first-order valence-corrected chi connectivity index (χ1v) is 6.78. The van der Waals surface area contributed by atoms with E-state index < -0.39 is 22.2 Å². The number of aromatic carboxylic acids is 1. The highest BCUT2D eigenvalue weighted by Gasteiger charge is 2.23. The Labute approximate surface area is 118 Å². The average Bonchev–Trinajstić information content (AvgIpc) is 2.90. The molecule has 2 aromatic heterocycles. The molecule has 1 atom stereocenters. The molecule has 0 aromatic carbocycles.